The molecule has 0 aliphatic rings. The van der Waals surface area contributed by atoms with Gasteiger partial charge in [0.1, 0.15) is 11.5 Å². The summed E-state index contributed by atoms with van der Waals surface area (Å²) in [6.07, 6.45) is 4.12. The summed E-state index contributed by atoms with van der Waals surface area (Å²) in [4.78, 5) is 0. The topological polar surface area (TPSA) is 40.5 Å². The predicted molar refractivity (Wildman–Crippen MR) is 143 cm³/mol. The maximum Gasteiger partial charge on any atom is 0.118 e. The average molecular weight is 463 g/mol. The number of hydrogen-bond acceptors (Lipinski definition) is 2. The fraction of sp³-hybridized carbons (Fsp3) is 0.357. The van der Waals surface area contributed by atoms with Crippen LogP contribution in [0.5, 0.6) is 11.5 Å². The van der Waals surface area contributed by atoms with Crippen molar-refractivity contribution in [2.24, 2.45) is 0 Å². The molecule has 0 aromatic heterocycles. The van der Waals surface area contributed by atoms with E-state index in [-0.39, 0.29) is 0 Å². The first kappa shape index (κ1) is 24.3. The van der Waals surface area contributed by atoms with Crippen LogP contribution in [0.3, 0.4) is 0 Å². The van der Waals surface area contributed by atoms with Crippen molar-refractivity contribution < 1.29 is 10.2 Å². The molecule has 170 valence electrons. The van der Waals surface area contributed by atoms with Gasteiger partial charge >= 0.3 is 0 Å². The highest BCUT2D eigenvalue weighted by Crippen LogP contribution is 2.22. The minimum atomic E-state index is -1.50. The van der Waals surface area contributed by atoms with Gasteiger partial charge in [-0.25, -0.2) is 0 Å². The molecule has 0 unspecified atom stereocenters. The third kappa shape index (κ3) is 6.36. The molecule has 4 heteroatoms. The van der Waals surface area contributed by atoms with Gasteiger partial charge in [-0.05, 0) is 36.1 Å². The molecule has 0 atom stereocenters. The number of hydrogen-bond donors (Lipinski definition) is 2. The molecule has 0 bridgehead atoms. The summed E-state index contributed by atoms with van der Waals surface area (Å²) in [6, 6.07) is 27.4. The monoisotopic (exact) mass is 462 g/mol. The summed E-state index contributed by atoms with van der Waals surface area (Å²) < 4.78 is 0. The molecule has 2 N–H and O–H groups in total. The summed E-state index contributed by atoms with van der Waals surface area (Å²) in [5.41, 5.74) is 2.12. The zero-order chi connectivity index (χ0) is 23.2. The van der Waals surface area contributed by atoms with Gasteiger partial charge in [-0.3, -0.25) is 0 Å². The van der Waals surface area contributed by atoms with E-state index in [0.29, 0.717) is 11.5 Å². The van der Waals surface area contributed by atoms with Crippen LogP contribution in [0.4, 0.5) is 0 Å². The number of benzene rings is 3. The second-order valence-corrected chi connectivity index (χ2v) is 20.0. The van der Waals surface area contributed by atoms with Crippen LogP contribution in [-0.4, -0.2) is 26.4 Å². The molecule has 3 rings (SSSR count). The van der Waals surface area contributed by atoms with Gasteiger partial charge in [0.15, 0.2) is 0 Å². The quantitative estimate of drug-likeness (QED) is 0.352. The number of para-hydroxylation sites is 2. The van der Waals surface area contributed by atoms with Crippen molar-refractivity contribution >= 4 is 26.5 Å². The standard InChI is InChI=1S/C28H38O2Si2/c1-31(2,21-9-13-23-11-5-7-15-27(23)29)25-17-19-26(20-18-25)32(3,4)22-10-14-24-12-6-8-16-28(24)30/h5-8,11-12,15-20,29-30H,9-10,13-14,21-22H2,1-4H3. The van der Waals surface area contributed by atoms with E-state index in [0.717, 1.165) is 36.8 Å². The predicted octanol–water partition coefficient (Wildman–Crippen LogP) is 6.19. The van der Waals surface area contributed by atoms with Gasteiger partial charge in [-0.2, -0.15) is 0 Å². The summed E-state index contributed by atoms with van der Waals surface area (Å²) in [5, 5.41) is 23.1. The number of phenolic OH excluding ortho intramolecular Hbond substituents is 2. The minimum absolute atomic E-state index is 0.422. The van der Waals surface area contributed by atoms with Crippen molar-refractivity contribution in [3.05, 3.63) is 83.9 Å². The Morgan fingerprint density at radius 1 is 0.531 bits per heavy atom. The molecule has 3 aromatic carbocycles. The first-order valence-corrected chi connectivity index (χ1v) is 18.3. The Bertz CT molecular complexity index is 927. The van der Waals surface area contributed by atoms with Crippen molar-refractivity contribution in [3.8, 4) is 11.5 Å². The minimum Gasteiger partial charge on any atom is -0.508 e. The van der Waals surface area contributed by atoms with Crippen LogP contribution in [0.15, 0.2) is 72.8 Å². The van der Waals surface area contributed by atoms with Crippen LogP contribution in [0.2, 0.25) is 38.3 Å². The molecular formula is C28H38O2Si2. The van der Waals surface area contributed by atoms with E-state index in [1.165, 1.54) is 22.5 Å². The molecule has 2 nitrogen and oxygen atoms in total. The summed E-state index contributed by atoms with van der Waals surface area (Å²) in [7, 11) is -3.00. The lowest BCUT2D eigenvalue weighted by atomic mass is 10.1. The van der Waals surface area contributed by atoms with Gasteiger partial charge < -0.3 is 10.2 Å². The first-order valence-electron chi connectivity index (χ1n) is 11.8. The van der Waals surface area contributed by atoms with Crippen LogP contribution in [0.25, 0.3) is 0 Å². The molecule has 0 amide bonds. The first-order chi connectivity index (χ1) is 15.2. The third-order valence-corrected chi connectivity index (χ3v) is 13.9. The van der Waals surface area contributed by atoms with Crippen LogP contribution < -0.4 is 10.4 Å². The van der Waals surface area contributed by atoms with E-state index in [2.05, 4.69) is 50.5 Å². The lowest BCUT2D eigenvalue weighted by Crippen LogP contribution is -2.45. The van der Waals surface area contributed by atoms with Crippen molar-refractivity contribution in [2.45, 2.75) is 64.0 Å². The van der Waals surface area contributed by atoms with Crippen molar-refractivity contribution in [3.63, 3.8) is 0 Å². The highest BCUT2D eigenvalue weighted by molar-refractivity contribution is 6.91. The smallest absolute Gasteiger partial charge is 0.118 e. The van der Waals surface area contributed by atoms with E-state index >= 15 is 0 Å². The maximum atomic E-state index is 10.0. The van der Waals surface area contributed by atoms with Crippen LogP contribution in [-0.2, 0) is 12.8 Å². The van der Waals surface area contributed by atoms with Crippen molar-refractivity contribution in [1.82, 2.24) is 0 Å². The second kappa shape index (κ2) is 10.5. The van der Waals surface area contributed by atoms with Gasteiger partial charge in [0.05, 0.1) is 16.1 Å². The lowest BCUT2D eigenvalue weighted by Gasteiger charge is -2.27. The Morgan fingerprint density at radius 3 is 1.22 bits per heavy atom. The summed E-state index contributed by atoms with van der Waals surface area (Å²) >= 11 is 0. The van der Waals surface area contributed by atoms with Gasteiger partial charge in [-0.15, -0.1) is 0 Å². The van der Waals surface area contributed by atoms with Crippen LogP contribution >= 0.6 is 0 Å². The molecule has 0 spiro atoms. The lowest BCUT2D eigenvalue weighted by molar-refractivity contribution is 0.467. The van der Waals surface area contributed by atoms with Crippen LogP contribution in [0, 0.1) is 0 Å². The summed E-state index contributed by atoms with van der Waals surface area (Å²) in [5.74, 6) is 0.844. The molecule has 32 heavy (non-hydrogen) atoms. The Morgan fingerprint density at radius 2 is 0.875 bits per heavy atom. The molecule has 0 saturated heterocycles. The largest absolute Gasteiger partial charge is 0.508 e. The molecular weight excluding hydrogens is 424 g/mol. The average Bonchev–Trinajstić information content (AvgIpc) is 2.76. The molecule has 0 radical (unpaired) electrons. The maximum absolute atomic E-state index is 10.0. The van der Waals surface area contributed by atoms with Crippen LogP contribution in [0.1, 0.15) is 24.0 Å². The summed E-state index contributed by atoms with van der Waals surface area (Å²) in [6.45, 7) is 9.84. The highest BCUT2D eigenvalue weighted by Gasteiger charge is 2.26. The van der Waals surface area contributed by atoms with Gasteiger partial charge in [0, 0.05) is 0 Å². The Hall–Kier alpha value is -2.31. The number of aromatic hydroxyl groups is 2. The van der Waals surface area contributed by atoms with E-state index < -0.39 is 16.1 Å². The fourth-order valence-corrected chi connectivity index (χ4v) is 9.38. The Labute approximate surface area is 196 Å². The number of rotatable bonds is 10. The van der Waals surface area contributed by atoms with Crippen molar-refractivity contribution in [2.75, 3.05) is 0 Å². The Balaban J connectivity index is 1.56. The molecule has 0 fully saturated rings. The van der Waals surface area contributed by atoms with E-state index in [4.69, 9.17) is 0 Å². The molecule has 0 saturated carbocycles. The normalized spacial score (nSPS) is 12.1. The zero-order valence-electron chi connectivity index (χ0n) is 20.1. The zero-order valence-corrected chi connectivity index (χ0v) is 22.1. The second-order valence-electron chi connectivity index (χ2n) is 10.3. The molecule has 3 aromatic rings. The SMILES string of the molecule is C[Si](C)(CCCc1ccccc1O)c1ccc([Si](C)(C)CCCc2ccccc2O)cc1. The number of aryl methyl sites for hydroxylation is 2. The van der Waals surface area contributed by atoms with E-state index in [9.17, 15) is 10.2 Å². The third-order valence-electron chi connectivity index (χ3n) is 6.93. The fourth-order valence-electron chi connectivity index (χ4n) is 4.55. The van der Waals surface area contributed by atoms with Gasteiger partial charge in [0.2, 0.25) is 0 Å². The molecule has 0 heterocycles. The molecule has 0 aliphatic carbocycles. The Kier molecular flexibility index (Phi) is 8.02. The van der Waals surface area contributed by atoms with E-state index in [1.54, 1.807) is 12.1 Å². The van der Waals surface area contributed by atoms with Crippen molar-refractivity contribution in [1.29, 1.82) is 0 Å². The van der Waals surface area contributed by atoms with Gasteiger partial charge in [-0.1, -0.05) is 122 Å². The number of phenols is 2. The molecule has 0 aliphatic heterocycles. The van der Waals surface area contributed by atoms with E-state index in [1.807, 2.05) is 36.4 Å². The van der Waals surface area contributed by atoms with Gasteiger partial charge in [0.25, 0.3) is 0 Å². The highest BCUT2D eigenvalue weighted by atomic mass is 28.3.